The van der Waals surface area contributed by atoms with Gasteiger partial charge in [-0.15, -0.1) is 0 Å². The van der Waals surface area contributed by atoms with Gasteiger partial charge in [-0.05, 0) is 44.8 Å². The lowest BCUT2D eigenvalue weighted by atomic mass is 10.0. The van der Waals surface area contributed by atoms with Gasteiger partial charge in [0.2, 0.25) is 0 Å². The molecule has 2 N–H and O–H groups in total. The summed E-state index contributed by atoms with van der Waals surface area (Å²) in [4.78, 5) is 9.95. The van der Waals surface area contributed by atoms with Gasteiger partial charge < -0.3 is 20.1 Å². The Bertz CT molecular complexity index is 672. The van der Waals surface area contributed by atoms with Gasteiger partial charge in [0.1, 0.15) is 5.75 Å². The molecule has 2 unspecified atom stereocenters. The van der Waals surface area contributed by atoms with Gasteiger partial charge in [0.25, 0.3) is 0 Å². The Kier molecular flexibility index (Phi) is 9.90. The lowest BCUT2D eigenvalue weighted by molar-refractivity contribution is 0.0323. The maximum atomic E-state index is 5.68. The van der Waals surface area contributed by atoms with E-state index < -0.39 is 0 Å². The average Bonchev–Trinajstić information content (AvgIpc) is 3.33. The lowest BCUT2D eigenvalue weighted by Gasteiger charge is -2.30. The molecule has 2 atom stereocenters. The molecule has 31 heavy (non-hydrogen) atoms. The van der Waals surface area contributed by atoms with Gasteiger partial charge in [-0.1, -0.05) is 25.1 Å². The Morgan fingerprint density at radius 1 is 1.13 bits per heavy atom. The summed E-state index contributed by atoms with van der Waals surface area (Å²) >= 11 is 0. The van der Waals surface area contributed by atoms with Crippen molar-refractivity contribution < 1.29 is 9.47 Å². The smallest absolute Gasteiger partial charge is 0.191 e. The van der Waals surface area contributed by atoms with Gasteiger partial charge in [0, 0.05) is 44.8 Å². The maximum absolute atomic E-state index is 5.68. The van der Waals surface area contributed by atoms with Crippen molar-refractivity contribution in [2.45, 2.75) is 32.7 Å². The second-order valence-electron chi connectivity index (χ2n) is 8.62. The number of guanidine groups is 1. The first-order chi connectivity index (χ1) is 15.2. The molecule has 2 aliphatic heterocycles. The van der Waals surface area contributed by atoms with Gasteiger partial charge in [0.05, 0.1) is 26.4 Å². The highest BCUT2D eigenvalue weighted by atomic mass is 16.5. The first-order valence-corrected chi connectivity index (χ1v) is 11.9. The van der Waals surface area contributed by atoms with Gasteiger partial charge >= 0.3 is 0 Å². The van der Waals surface area contributed by atoms with Gasteiger partial charge in [-0.25, -0.2) is 0 Å². The highest BCUT2D eigenvalue weighted by Crippen LogP contribution is 2.31. The second-order valence-corrected chi connectivity index (χ2v) is 8.62. The Hall–Kier alpha value is -1.83. The molecule has 0 spiro atoms. The van der Waals surface area contributed by atoms with Crippen LogP contribution in [-0.2, 0) is 4.74 Å². The number of nitrogens with one attached hydrogen (secondary N) is 2. The van der Waals surface area contributed by atoms with Crippen LogP contribution in [-0.4, -0.2) is 88.4 Å². The van der Waals surface area contributed by atoms with Crippen molar-refractivity contribution in [2.24, 2.45) is 10.9 Å². The van der Waals surface area contributed by atoms with Crippen LogP contribution in [0.25, 0.3) is 0 Å². The van der Waals surface area contributed by atoms with E-state index in [1.165, 1.54) is 18.4 Å². The molecular weight excluding hydrogens is 390 g/mol. The number of aliphatic imine (C=N–C) groups is 1. The summed E-state index contributed by atoms with van der Waals surface area (Å²) in [6.45, 7) is 14.0. The van der Waals surface area contributed by atoms with Crippen LogP contribution < -0.4 is 15.4 Å². The van der Waals surface area contributed by atoms with Gasteiger partial charge in [0.15, 0.2) is 5.96 Å². The number of nitrogens with zero attached hydrogens (tertiary/aromatic N) is 3. The summed E-state index contributed by atoms with van der Waals surface area (Å²) in [5.74, 6) is 2.37. The molecule has 2 heterocycles. The third kappa shape index (κ3) is 7.37. The molecule has 174 valence electrons. The minimum Gasteiger partial charge on any atom is -0.496 e. The third-order valence-electron chi connectivity index (χ3n) is 6.12. The van der Waals surface area contributed by atoms with Crippen molar-refractivity contribution in [3.05, 3.63) is 29.8 Å². The number of para-hydroxylation sites is 1. The molecule has 7 heteroatoms. The molecule has 0 saturated carbocycles. The van der Waals surface area contributed by atoms with Crippen molar-refractivity contribution in [1.29, 1.82) is 0 Å². The molecule has 1 aromatic carbocycles. The summed E-state index contributed by atoms with van der Waals surface area (Å²) in [5.41, 5.74) is 1.25. The SMILES string of the molecule is CCNC(=NCC(C)CN1CCOCC1)NCC(c1ccccc1OC)N1CCCC1. The predicted molar refractivity (Wildman–Crippen MR) is 127 cm³/mol. The summed E-state index contributed by atoms with van der Waals surface area (Å²) in [5, 5.41) is 7.04. The largest absolute Gasteiger partial charge is 0.496 e. The Labute approximate surface area is 188 Å². The minimum absolute atomic E-state index is 0.272. The zero-order chi connectivity index (χ0) is 21.9. The van der Waals surface area contributed by atoms with Crippen molar-refractivity contribution in [3.63, 3.8) is 0 Å². The number of rotatable bonds is 10. The fourth-order valence-electron chi connectivity index (χ4n) is 4.50. The molecule has 0 aromatic heterocycles. The fourth-order valence-corrected chi connectivity index (χ4v) is 4.50. The summed E-state index contributed by atoms with van der Waals surface area (Å²) < 4.78 is 11.1. The van der Waals surface area contributed by atoms with E-state index in [1.54, 1.807) is 7.11 Å². The van der Waals surface area contributed by atoms with Crippen LogP contribution in [0.15, 0.2) is 29.3 Å². The highest BCUT2D eigenvalue weighted by molar-refractivity contribution is 5.79. The molecule has 0 amide bonds. The van der Waals surface area contributed by atoms with E-state index >= 15 is 0 Å². The molecule has 0 bridgehead atoms. The van der Waals surface area contributed by atoms with E-state index in [4.69, 9.17) is 14.5 Å². The molecular formula is C24H41N5O2. The van der Waals surface area contributed by atoms with E-state index in [0.717, 1.165) is 77.3 Å². The molecule has 3 rings (SSSR count). The number of likely N-dealkylation sites (tertiary alicyclic amines) is 1. The van der Waals surface area contributed by atoms with Crippen LogP contribution >= 0.6 is 0 Å². The average molecular weight is 432 g/mol. The number of hydrogen-bond donors (Lipinski definition) is 2. The van der Waals surface area contributed by atoms with Gasteiger partial charge in [-0.2, -0.15) is 0 Å². The maximum Gasteiger partial charge on any atom is 0.191 e. The van der Waals surface area contributed by atoms with Crippen LogP contribution in [0.4, 0.5) is 0 Å². The third-order valence-corrected chi connectivity index (χ3v) is 6.12. The Balaban J connectivity index is 1.61. The van der Waals surface area contributed by atoms with E-state index in [-0.39, 0.29) is 6.04 Å². The van der Waals surface area contributed by atoms with Crippen LogP contribution in [0.3, 0.4) is 0 Å². The van der Waals surface area contributed by atoms with E-state index in [1.807, 2.05) is 6.07 Å². The second kappa shape index (κ2) is 12.9. The van der Waals surface area contributed by atoms with Crippen molar-refractivity contribution >= 4 is 5.96 Å². The molecule has 7 nitrogen and oxygen atoms in total. The molecule has 2 fully saturated rings. The summed E-state index contributed by atoms with van der Waals surface area (Å²) in [7, 11) is 1.76. The summed E-state index contributed by atoms with van der Waals surface area (Å²) in [6.07, 6.45) is 2.53. The van der Waals surface area contributed by atoms with Crippen molar-refractivity contribution in [2.75, 3.05) is 72.7 Å². The van der Waals surface area contributed by atoms with Crippen molar-refractivity contribution in [1.82, 2.24) is 20.4 Å². The van der Waals surface area contributed by atoms with Crippen molar-refractivity contribution in [3.8, 4) is 5.75 Å². The number of morpholine rings is 1. The summed E-state index contributed by atoms with van der Waals surface area (Å²) in [6, 6.07) is 8.67. The number of benzene rings is 1. The Morgan fingerprint density at radius 2 is 1.87 bits per heavy atom. The number of methoxy groups -OCH3 is 1. The Morgan fingerprint density at radius 3 is 2.58 bits per heavy atom. The van der Waals surface area contributed by atoms with E-state index in [9.17, 15) is 0 Å². The fraction of sp³-hybridized carbons (Fsp3) is 0.708. The molecule has 0 radical (unpaired) electrons. The number of hydrogen-bond acceptors (Lipinski definition) is 5. The molecule has 1 aromatic rings. The topological polar surface area (TPSA) is 61.4 Å². The molecule has 2 saturated heterocycles. The van der Waals surface area contributed by atoms with Crippen LogP contribution in [0.1, 0.15) is 38.3 Å². The minimum atomic E-state index is 0.272. The van der Waals surface area contributed by atoms with Crippen LogP contribution in [0.5, 0.6) is 5.75 Å². The zero-order valence-corrected chi connectivity index (χ0v) is 19.6. The van der Waals surface area contributed by atoms with Gasteiger partial charge in [-0.3, -0.25) is 14.8 Å². The monoisotopic (exact) mass is 431 g/mol. The molecule has 0 aliphatic carbocycles. The molecule has 2 aliphatic rings. The standard InChI is InChI=1S/C24H41N5O2/c1-4-25-24(26-17-20(2)19-28-13-15-31-16-14-28)27-18-22(29-11-7-8-12-29)21-9-5-6-10-23(21)30-3/h5-6,9-10,20,22H,4,7-8,11-19H2,1-3H3,(H2,25,26,27). The lowest BCUT2D eigenvalue weighted by Crippen LogP contribution is -2.43. The van der Waals surface area contributed by atoms with Crippen LogP contribution in [0.2, 0.25) is 0 Å². The zero-order valence-electron chi connectivity index (χ0n) is 19.6. The highest BCUT2D eigenvalue weighted by Gasteiger charge is 2.26. The first kappa shape index (κ1) is 23.8. The normalized spacial score (nSPS) is 20.4. The first-order valence-electron chi connectivity index (χ1n) is 11.9. The van der Waals surface area contributed by atoms with E-state index in [0.29, 0.717) is 5.92 Å². The quantitative estimate of drug-likeness (QED) is 0.438. The van der Waals surface area contributed by atoms with E-state index in [2.05, 4.69) is 52.5 Å². The predicted octanol–water partition coefficient (Wildman–Crippen LogP) is 2.36. The number of ether oxygens (including phenoxy) is 2. The van der Waals surface area contributed by atoms with Crippen LogP contribution in [0, 0.1) is 5.92 Å².